The minimum atomic E-state index is -0.338. The molecule has 0 aliphatic heterocycles. The summed E-state index contributed by atoms with van der Waals surface area (Å²) in [5, 5.41) is 0. The van der Waals surface area contributed by atoms with Crippen molar-refractivity contribution >= 4 is 5.97 Å². The zero-order valence-corrected chi connectivity index (χ0v) is 7.64. The molecule has 11 heavy (non-hydrogen) atoms. The summed E-state index contributed by atoms with van der Waals surface area (Å²) < 4.78 is 4.95. The Bertz CT molecular complexity index is 128. The molecule has 0 aromatic rings. The molecular weight excluding hydrogens is 140 g/mol. The molecule has 0 amide bonds. The average Bonchev–Trinajstić information content (AvgIpc) is 2.00. The highest BCUT2D eigenvalue weighted by molar-refractivity contribution is 5.75. The minimum absolute atomic E-state index is 0.122. The van der Waals surface area contributed by atoms with E-state index < -0.39 is 0 Å². The molecule has 2 nitrogen and oxygen atoms in total. The molecule has 0 rings (SSSR count). The summed E-state index contributed by atoms with van der Waals surface area (Å²) in [6.45, 7) is 9.77. The molecule has 0 N–H and O–H groups in total. The van der Waals surface area contributed by atoms with Crippen molar-refractivity contribution in [1.82, 2.24) is 0 Å². The van der Waals surface area contributed by atoms with Gasteiger partial charge in [0.05, 0.1) is 12.3 Å². The Kier molecular flexibility index (Phi) is 4.01. The van der Waals surface area contributed by atoms with Gasteiger partial charge in [0.25, 0.3) is 0 Å². The molecule has 64 valence electrons. The van der Waals surface area contributed by atoms with Gasteiger partial charge in [-0.1, -0.05) is 6.92 Å². The van der Waals surface area contributed by atoms with Crippen LogP contribution in [0.25, 0.3) is 0 Å². The molecule has 0 fully saturated rings. The highest BCUT2D eigenvalue weighted by atomic mass is 16.5. The second kappa shape index (κ2) is 4.27. The second-order valence-corrected chi connectivity index (χ2v) is 3.23. The van der Waals surface area contributed by atoms with Crippen LogP contribution in [0.15, 0.2) is 0 Å². The molecule has 0 saturated carbocycles. The van der Waals surface area contributed by atoms with Gasteiger partial charge >= 0.3 is 5.97 Å². The quantitative estimate of drug-likeness (QED) is 0.462. The number of carbonyl (C=O) groups is 1. The Morgan fingerprint density at radius 2 is 2.09 bits per heavy atom. The van der Waals surface area contributed by atoms with Gasteiger partial charge in [-0.25, -0.2) is 0 Å². The van der Waals surface area contributed by atoms with E-state index in [9.17, 15) is 4.79 Å². The third-order valence-electron chi connectivity index (χ3n) is 1.81. The molecule has 0 spiro atoms. The van der Waals surface area contributed by atoms with Crippen molar-refractivity contribution in [1.29, 1.82) is 0 Å². The van der Waals surface area contributed by atoms with E-state index in [1.165, 1.54) is 0 Å². The summed E-state index contributed by atoms with van der Waals surface area (Å²) in [6.07, 6.45) is 1.45. The summed E-state index contributed by atoms with van der Waals surface area (Å²) in [4.78, 5) is 11.2. The van der Waals surface area contributed by atoms with E-state index in [1.807, 2.05) is 20.8 Å². The van der Waals surface area contributed by atoms with Crippen LogP contribution in [0.5, 0.6) is 0 Å². The van der Waals surface area contributed by atoms with Gasteiger partial charge in [0.1, 0.15) is 13.0 Å². The fourth-order valence-corrected chi connectivity index (χ4v) is 0.505. The van der Waals surface area contributed by atoms with E-state index in [1.54, 1.807) is 0 Å². The van der Waals surface area contributed by atoms with Crippen LogP contribution in [-0.2, 0) is 9.53 Å². The summed E-state index contributed by atoms with van der Waals surface area (Å²) in [6, 6.07) is 0. The maximum Gasteiger partial charge on any atom is 0.311 e. The predicted octanol–water partition coefficient (Wildman–Crippen LogP) is 2.19. The van der Waals surface area contributed by atoms with Gasteiger partial charge in [-0.05, 0) is 20.3 Å². The Hall–Kier alpha value is -0.660. The number of carbonyl (C=O) groups excluding carboxylic acids is 1. The standard InChI is InChI=1S/C9H17O2/c1-5-7-11-8(10)9(3,4)6-2/h1,5-7H2,2-4H3/q+1. The van der Waals surface area contributed by atoms with E-state index in [2.05, 4.69) is 6.92 Å². The van der Waals surface area contributed by atoms with Crippen molar-refractivity contribution in [3.8, 4) is 0 Å². The molecule has 0 bridgehead atoms. The predicted molar refractivity (Wildman–Crippen MR) is 45.0 cm³/mol. The maximum absolute atomic E-state index is 11.2. The van der Waals surface area contributed by atoms with Crippen LogP contribution in [0.3, 0.4) is 0 Å². The minimum Gasteiger partial charge on any atom is -0.461 e. The van der Waals surface area contributed by atoms with Crippen molar-refractivity contribution < 1.29 is 9.53 Å². The van der Waals surface area contributed by atoms with Gasteiger partial charge in [-0.15, -0.1) is 0 Å². The van der Waals surface area contributed by atoms with Crippen LogP contribution in [0.1, 0.15) is 33.6 Å². The van der Waals surface area contributed by atoms with Crippen molar-refractivity contribution in [2.45, 2.75) is 33.6 Å². The Morgan fingerprint density at radius 1 is 1.55 bits per heavy atom. The lowest BCUT2D eigenvalue weighted by atomic mass is 9.91. The normalized spacial score (nSPS) is 11.2. The molecule has 0 radical (unpaired) electrons. The number of hydrogen-bond acceptors (Lipinski definition) is 2. The molecule has 0 aromatic heterocycles. The van der Waals surface area contributed by atoms with Crippen LogP contribution >= 0.6 is 0 Å². The topological polar surface area (TPSA) is 26.3 Å². The molecule has 2 heteroatoms. The summed E-state index contributed by atoms with van der Waals surface area (Å²) in [5.74, 6) is -0.122. The number of ether oxygens (including phenoxy) is 1. The van der Waals surface area contributed by atoms with Crippen LogP contribution < -0.4 is 0 Å². The largest absolute Gasteiger partial charge is 0.461 e. The van der Waals surface area contributed by atoms with Gasteiger partial charge in [0.15, 0.2) is 0 Å². The first-order valence-electron chi connectivity index (χ1n) is 4.01. The smallest absolute Gasteiger partial charge is 0.311 e. The molecule has 0 aliphatic carbocycles. The summed E-state index contributed by atoms with van der Waals surface area (Å²) in [5.41, 5.74) is -0.338. The zero-order valence-electron chi connectivity index (χ0n) is 7.64. The second-order valence-electron chi connectivity index (χ2n) is 3.23. The SMILES string of the molecule is [CH2+]CCOC(=O)C(C)(C)CC. The third-order valence-corrected chi connectivity index (χ3v) is 1.81. The van der Waals surface area contributed by atoms with Crippen LogP contribution in [0.2, 0.25) is 0 Å². The van der Waals surface area contributed by atoms with Crippen molar-refractivity contribution in [2.24, 2.45) is 5.41 Å². The molecule has 0 heterocycles. The molecule has 0 atom stereocenters. The molecular formula is C9H17O2+. The first kappa shape index (κ1) is 10.3. The summed E-state index contributed by atoms with van der Waals surface area (Å²) in [7, 11) is 0. The van der Waals surface area contributed by atoms with E-state index in [4.69, 9.17) is 4.74 Å². The molecule has 0 saturated heterocycles. The Balaban J connectivity index is 3.82. The Morgan fingerprint density at radius 3 is 2.45 bits per heavy atom. The van der Waals surface area contributed by atoms with Crippen LogP contribution in [0.4, 0.5) is 0 Å². The average molecular weight is 157 g/mol. The first-order valence-corrected chi connectivity index (χ1v) is 4.01. The van der Waals surface area contributed by atoms with Crippen LogP contribution in [0, 0.1) is 12.3 Å². The first-order chi connectivity index (χ1) is 5.04. The molecule has 0 aliphatic rings. The van der Waals surface area contributed by atoms with Crippen molar-refractivity contribution in [3.63, 3.8) is 0 Å². The Labute approximate surface area is 68.9 Å². The number of esters is 1. The molecule has 0 aromatic carbocycles. The lowest BCUT2D eigenvalue weighted by Gasteiger charge is -2.19. The number of rotatable bonds is 4. The van der Waals surface area contributed by atoms with Crippen LogP contribution in [-0.4, -0.2) is 12.6 Å². The monoisotopic (exact) mass is 157 g/mol. The lowest BCUT2D eigenvalue weighted by molar-refractivity contribution is -0.153. The lowest BCUT2D eigenvalue weighted by Crippen LogP contribution is -2.25. The van der Waals surface area contributed by atoms with E-state index >= 15 is 0 Å². The third kappa shape index (κ3) is 3.30. The van der Waals surface area contributed by atoms with Gasteiger partial charge in [-0.2, -0.15) is 0 Å². The highest BCUT2D eigenvalue weighted by Gasteiger charge is 2.26. The van der Waals surface area contributed by atoms with E-state index in [-0.39, 0.29) is 11.4 Å². The zero-order chi connectivity index (χ0) is 8.91. The van der Waals surface area contributed by atoms with Gasteiger partial charge in [0, 0.05) is 0 Å². The fraction of sp³-hybridized carbons (Fsp3) is 0.778. The van der Waals surface area contributed by atoms with Gasteiger partial charge in [-0.3, -0.25) is 4.79 Å². The van der Waals surface area contributed by atoms with E-state index in [0.717, 1.165) is 6.42 Å². The van der Waals surface area contributed by atoms with Gasteiger partial charge in [0.2, 0.25) is 0 Å². The van der Waals surface area contributed by atoms with Gasteiger partial charge < -0.3 is 4.74 Å². The van der Waals surface area contributed by atoms with E-state index in [0.29, 0.717) is 13.0 Å². The fourth-order valence-electron chi connectivity index (χ4n) is 0.505. The number of hydrogen-bond donors (Lipinski definition) is 0. The molecule has 0 unspecified atom stereocenters. The van der Waals surface area contributed by atoms with Crippen molar-refractivity contribution in [2.75, 3.05) is 6.61 Å². The van der Waals surface area contributed by atoms with Crippen molar-refractivity contribution in [3.05, 3.63) is 6.92 Å². The highest BCUT2D eigenvalue weighted by Crippen LogP contribution is 2.21. The summed E-state index contributed by atoms with van der Waals surface area (Å²) >= 11 is 0. The maximum atomic E-state index is 11.2.